The molecule has 0 bridgehead atoms. The normalized spacial score (nSPS) is 20.4. The number of rotatable bonds is 6. The van der Waals surface area contributed by atoms with E-state index in [0.717, 1.165) is 71.4 Å². The number of aliphatic carboxylic acids is 2. The monoisotopic (exact) mass is 1320 g/mol. The van der Waals surface area contributed by atoms with Crippen LogP contribution < -0.4 is 5.46 Å². The molecule has 4 saturated carbocycles. The van der Waals surface area contributed by atoms with Crippen LogP contribution in [0.25, 0.3) is 39.2 Å². The minimum atomic E-state index is -1.04. The van der Waals surface area contributed by atoms with Gasteiger partial charge in [-0.15, -0.1) is 0 Å². The van der Waals surface area contributed by atoms with Crippen LogP contribution in [0.15, 0.2) is 109 Å². The molecule has 4 N–H and O–H groups in total. The van der Waals surface area contributed by atoms with Gasteiger partial charge in [-0.1, -0.05) is 37.1 Å². The van der Waals surface area contributed by atoms with E-state index < -0.39 is 33.1 Å². The summed E-state index contributed by atoms with van der Waals surface area (Å²) in [7, 11) is -2.31. The van der Waals surface area contributed by atoms with Gasteiger partial charge in [-0.2, -0.15) is 0 Å². The molecular formula is C63H86B4BrCuN7O12. The fourth-order valence-corrected chi connectivity index (χ4v) is 10.2. The van der Waals surface area contributed by atoms with Crippen molar-refractivity contribution in [2.75, 3.05) is 0 Å². The largest absolute Gasteiger partial charge is 0.497 e. The van der Waals surface area contributed by atoms with Crippen LogP contribution in [0, 0.1) is 0 Å². The number of carboxylic acid groups (broad SMARTS) is 2. The molecule has 8 aliphatic rings. The summed E-state index contributed by atoms with van der Waals surface area (Å²) in [4.78, 5) is 35.5. The molecule has 7 aromatic rings. The van der Waals surface area contributed by atoms with Crippen molar-refractivity contribution in [2.24, 2.45) is 0 Å². The quantitative estimate of drug-likeness (QED) is 0.113. The Kier molecular flexibility index (Phi) is 22.8. The number of hydrogen-bond donors (Lipinski definition) is 4. The minimum absolute atomic E-state index is 0. The van der Waals surface area contributed by atoms with Crippen LogP contribution >= 0.6 is 15.9 Å². The van der Waals surface area contributed by atoms with Crippen molar-refractivity contribution in [1.82, 2.24) is 33.6 Å². The van der Waals surface area contributed by atoms with E-state index in [2.05, 4.69) is 138 Å². The van der Waals surface area contributed by atoms with Gasteiger partial charge in [0.2, 0.25) is 0 Å². The molecule has 25 heteroatoms. The summed E-state index contributed by atoms with van der Waals surface area (Å²) in [5, 5.41) is 34.9. The zero-order valence-electron chi connectivity index (χ0n) is 53.2. The number of allylic oxidation sites excluding steroid dienone is 1. The standard InChI is InChI=1S/C16H21BN2O2.C12H24B2O4.C10H9BrN2.C10H10N2.C8H7N.C3H7BO2.2C2H4O2.Cu/c1-15(2)16(3,4)21-17(20-15)13-10-19(11-7-8-11)14-12(13)6-5-9-18-14;1-9(2)10(3,4)16-13(15-9)14-17-11(5,6)12(7,8)18-14;11-9-6-13(7-3-4-7)10-8(9)2-1-5-12-10;1-2-8-5-7-12(9-3-4-9)10(8)11-6-1;1-3-7-4-2-6-9-8(7)5-1;5-4(6)3-1-2-3;2*1-2(3)4;/h5-6,9-11H,7-8H2,1-4H3;1-8H3;1-2,5-7H,3-4H2;1-2,5-7,9H,3-4H2;1-4,6H,5H2;3,5-6H,1-2H2;2*1H3,(H,3,4);. The maximum atomic E-state index is 9.00. The molecule has 19 nitrogen and oxygen atoms in total. The zero-order chi connectivity index (χ0) is 63.4. The summed E-state index contributed by atoms with van der Waals surface area (Å²) in [5.74, 6) is -1.45. The van der Waals surface area contributed by atoms with Crippen LogP contribution in [-0.4, -0.2) is 128 Å². The number of hydrogen-bond acceptors (Lipinski definition) is 14. The Balaban J connectivity index is 0.000000151. The Morgan fingerprint density at radius 3 is 1.39 bits per heavy atom. The predicted molar refractivity (Wildman–Crippen MR) is 346 cm³/mol. The molecule has 7 fully saturated rings. The average Bonchev–Trinajstić information content (AvgIpc) is 1.95. The third-order valence-corrected chi connectivity index (χ3v) is 17.9. The molecule has 0 spiro atoms. The minimum Gasteiger partial charge on any atom is -0.481 e. The fraction of sp³-hybridized carbons (Fsp3) is 0.524. The van der Waals surface area contributed by atoms with Crippen LogP contribution in [0.4, 0.5) is 0 Å². The molecule has 475 valence electrons. The maximum absolute atomic E-state index is 9.00. The molecule has 0 aromatic carbocycles. The van der Waals surface area contributed by atoms with Crippen molar-refractivity contribution in [3.63, 3.8) is 0 Å². The van der Waals surface area contributed by atoms with Gasteiger partial charge in [0.15, 0.2) is 0 Å². The van der Waals surface area contributed by atoms with E-state index in [0.29, 0.717) is 12.1 Å². The van der Waals surface area contributed by atoms with Gasteiger partial charge in [0.1, 0.15) is 16.9 Å². The summed E-state index contributed by atoms with van der Waals surface area (Å²) in [5.41, 5.74) is 4.81. The summed E-state index contributed by atoms with van der Waals surface area (Å²) >= 11 is 3.55. The second kappa shape index (κ2) is 28.6. The summed E-state index contributed by atoms with van der Waals surface area (Å²) in [6.45, 7) is 26.7. The molecule has 15 rings (SSSR count). The topological polar surface area (TPSA) is 237 Å². The molecule has 88 heavy (non-hydrogen) atoms. The molecule has 7 aromatic heterocycles. The number of fused-ring (bicyclic) bond motifs is 4. The molecule has 10 heterocycles. The number of carbonyl (C=O) groups is 2. The smallest absolute Gasteiger partial charge is 0.481 e. The molecule has 3 saturated heterocycles. The van der Waals surface area contributed by atoms with Gasteiger partial charge < -0.3 is 61.9 Å². The van der Waals surface area contributed by atoms with Crippen molar-refractivity contribution < 1.29 is 74.8 Å². The molecule has 1 radical (unpaired) electrons. The van der Waals surface area contributed by atoms with Crippen LogP contribution in [-0.2, 0) is 61.0 Å². The first-order valence-electron chi connectivity index (χ1n) is 30.2. The third-order valence-electron chi connectivity index (χ3n) is 17.3. The molecular weight excluding hydrogens is 1230 g/mol. The molecule has 5 aliphatic carbocycles. The number of halogens is 1. The predicted octanol–water partition coefficient (Wildman–Crippen LogP) is 11.9. The van der Waals surface area contributed by atoms with Gasteiger partial charge in [0, 0.05) is 125 Å². The van der Waals surface area contributed by atoms with Crippen LogP contribution in [0.5, 0.6) is 0 Å². The average molecular weight is 1320 g/mol. The zero-order valence-corrected chi connectivity index (χ0v) is 55.8. The van der Waals surface area contributed by atoms with E-state index in [9.17, 15) is 0 Å². The Labute approximate surface area is 538 Å². The molecule has 0 unspecified atom stereocenters. The van der Waals surface area contributed by atoms with Crippen LogP contribution in [0.3, 0.4) is 0 Å². The van der Waals surface area contributed by atoms with Crippen LogP contribution in [0.1, 0.15) is 178 Å². The van der Waals surface area contributed by atoms with Crippen molar-refractivity contribution in [2.45, 2.75) is 212 Å². The van der Waals surface area contributed by atoms with Gasteiger partial charge in [-0.05, 0) is 191 Å². The molecule has 0 amide bonds. The number of nitrogens with zero attached hydrogens (tertiary/aromatic N) is 7. The van der Waals surface area contributed by atoms with E-state index in [1.165, 1.54) is 60.6 Å². The molecule has 0 atom stereocenters. The fourth-order valence-electron chi connectivity index (χ4n) is 9.67. The van der Waals surface area contributed by atoms with E-state index in [1.54, 1.807) is 0 Å². The van der Waals surface area contributed by atoms with Crippen molar-refractivity contribution in [3.05, 3.63) is 120 Å². The van der Waals surface area contributed by atoms with E-state index in [-0.39, 0.29) is 63.6 Å². The SMILES string of the molecule is Brc1cn(C2CC2)c2ncccc12.C1=Cc2cccnc2C1.CC(=O)O.CC(=O)O.CC1(C)OB(B2OC(C)(C)C(C)(C)O2)OC1(C)C.CC1(C)OB(c2cn(C3CC3)c3ncccc23)OC1(C)C.OB(O)C1CC1.[Cu].c1cnc2c(c1)ccn2C1CC1. The summed E-state index contributed by atoms with van der Waals surface area (Å²) in [6, 6.07) is 20.5. The first-order valence-corrected chi connectivity index (χ1v) is 31.0. The van der Waals surface area contributed by atoms with Crippen molar-refractivity contribution in [1.29, 1.82) is 0 Å². The summed E-state index contributed by atoms with van der Waals surface area (Å²) in [6.07, 6.45) is 28.9. The van der Waals surface area contributed by atoms with Gasteiger partial charge >= 0.3 is 28.3 Å². The van der Waals surface area contributed by atoms with Gasteiger partial charge in [-0.3, -0.25) is 14.6 Å². The third kappa shape index (κ3) is 17.7. The Bertz CT molecular complexity index is 3420. The summed E-state index contributed by atoms with van der Waals surface area (Å²) < 4.78 is 44.3. The number of aromatic nitrogens is 7. The first-order chi connectivity index (χ1) is 40.8. The molecule has 3 aliphatic heterocycles. The van der Waals surface area contributed by atoms with E-state index >= 15 is 0 Å². The van der Waals surface area contributed by atoms with Gasteiger partial charge in [-0.25, -0.2) is 15.0 Å². The van der Waals surface area contributed by atoms with Gasteiger partial charge in [0.25, 0.3) is 11.9 Å². The van der Waals surface area contributed by atoms with E-state index in [4.69, 9.17) is 57.8 Å². The second-order valence-corrected chi connectivity index (χ2v) is 27.1. The Hall–Kier alpha value is -5.16. The number of pyridine rings is 4. The second-order valence-electron chi connectivity index (χ2n) is 26.2. The van der Waals surface area contributed by atoms with Crippen molar-refractivity contribution >= 4 is 101 Å². The van der Waals surface area contributed by atoms with Crippen LogP contribution in [0.2, 0.25) is 5.82 Å². The maximum Gasteiger partial charge on any atom is 0.497 e. The van der Waals surface area contributed by atoms with Gasteiger partial charge in [0.05, 0.1) is 39.3 Å². The van der Waals surface area contributed by atoms with E-state index in [1.807, 2.05) is 104 Å². The Morgan fingerprint density at radius 2 is 0.943 bits per heavy atom. The number of carboxylic acids is 2. The van der Waals surface area contributed by atoms with Crippen molar-refractivity contribution in [3.8, 4) is 0 Å². The first kappa shape index (κ1) is 70.3. The Morgan fingerprint density at radius 1 is 0.545 bits per heavy atom.